The first-order valence-corrected chi connectivity index (χ1v) is 6.87. The second-order valence-electron chi connectivity index (χ2n) is 5.12. The molecule has 1 aromatic rings. The lowest BCUT2D eigenvalue weighted by Crippen LogP contribution is -2.33. The van der Waals surface area contributed by atoms with Crippen molar-refractivity contribution in [1.82, 2.24) is 5.43 Å². The van der Waals surface area contributed by atoms with Crippen LogP contribution in [0.4, 0.5) is 0 Å². The molecular weight excluding hydrogens is 222 g/mol. The fourth-order valence-electron chi connectivity index (χ4n) is 2.55. The van der Waals surface area contributed by atoms with Gasteiger partial charge in [0.05, 0.1) is 6.04 Å². The van der Waals surface area contributed by atoms with Gasteiger partial charge in [-0.25, -0.2) is 5.84 Å². The van der Waals surface area contributed by atoms with Crippen LogP contribution in [0.2, 0.25) is 0 Å². The van der Waals surface area contributed by atoms with E-state index < -0.39 is 0 Å². The van der Waals surface area contributed by atoms with Gasteiger partial charge in [-0.05, 0) is 30.9 Å². The van der Waals surface area contributed by atoms with E-state index in [0.717, 1.165) is 12.3 Å². The number of hydrazine groups is 1. The average Bonchev–Trinajstić information content (AvgIpc) is 2.41. The van der Waals surface area contributed by atoms with Gasteiger partial charge in [0.1, 0.15) is 5.84 Å². The maximum atomic E-state index is 5.61. The van der Waals surface area contributed by atoms with Gasteiger partial charge < -0.3 is 5.43 Å². The Kier molecular flexibility index (Phi) is 4.76. The molecule has 0 atom stereocenters. The van der Waals surface area contributed by atoms with Gasteiger partial charge in [-0.2, -0.15) is 0 Å². The molecule has 0 aromatic heterocycles. The predicted octanol–water partition coefficient (Wildman–Crippen LogP) is 2.73. The van der Waals surface area contributed by atoms with Crippen molar-refractivity contribution < 1.29 is 0 Å². The SMILES string of the molecule is Cc1ccccc1CC(=NC1CCCCC1)NN. The van der Waals surface area contributed by atoms with Crippen molar-refractivity contribution in [3.8, 4) is 0 Å². The first-order chi connectivity index (χ1) is 8.79. The number of aryl methyl sites for hydroxylation is 1. The molecule has 1 aliphatic carbocycles. The Bertz CT molecular complexity index is 406. The normalized spacial score (nSPS) is 17.8. The van der Waals surface area contributed by atoms with E-state index in [0.29, 0.717) is 6.04 Å². The monoisotopic (exact) mass is 245 g/mol. The van der Waals surface area contributed by atoms with E-state index in [9.17, 15) is 0 Å². The van der Waals surface area contributed by atoms with Gasteiger partial charge in [-0.1, -0.05) is 43.5 Å². The molecule has 0 unspecified atom stereocenters. The summed E-state index contributed by atoms with van der Waals surface area (Å²) in [7, 11) is 0. The van der Waals surface area contributed by atoms with Crippen LogP contribution in [0.5, 0.6) is 0 Å². The molecule has 0 saturated heterocycles. The van der Waals surface area contributed by atoms with Crippen molar-refractivity contribution >= 4 is 5.84 Å². The first kappa shape index (κ1) is 13.1. The van der Waals surface area contributed by atoms with Crippen LogP contribution < -0.4 is 11.3 Å². The fourth-order valence-corrected chi connectivity index (χ4v) is 2.55. The Morgan fingerprint density at radius 3 is 2.67 bits per heavy atom. The summed E-state index contributed by atoms with van der Waals surface area (Å²) in [5.41, 5.74) is 5.37. The third-order valence-electron chi connectivity index (χ3n) is 3.70. The molecular formula is C15H23N3. The molecule has 18 heavy (non-hydrogen) atoms. The van der Waals surface area contributed by atoms with Crippen LogP contribution in [0.3, 0.4) is 0 Å². The Morgan fingerprint density at radius 1 is 1.28 bits per heavy atom. The number of rotatable bonds is 3. The Labute approximate surface area is 109 Å². The zero-order chi connectivity index (χ0) is 12.8. The number of hydrogen-bond donors (Lipinski definition) is 2. The van der Waals surface area contributed by atoms with Gasteiger partial charge in [0, 0.05) is 6.42 Å². The minimum absolute atomic E-state index is 0.466. The zero-order valence-corrected chi connectivity index (χ0v) is 11.2. The molecule has 3 nitrogen and oxygen atoms in total. The molecule has 1 saturated carbocycles. The molecule has 0 bridgehead atoms. The molecule has 0 amide bonds. The van der Waals surface area contributed by atoms with Crippen LogP contribution in [0.1, 0.15) is 43.2 Å². The van der Waals surface area contributed by atoms with Crippen molar-refractivity contribution in [3.05, 3.63) is 35.4 Å². The summed E-state index contributed by atoms with van der Waals surface area (Å²) in [6, 6.07) is 8.87. The summed E-state index contributed by atoms with van der Waals surface area (Å²) in [6.45, 7) is 2.13. The highest BCUT2D eigenvalue weighted by molar-refractivity contribution is 5.84. The fraction of sp³-hybridized carbons (Fsp3) is 0.533. The summed E-state index contributed by atoms with van der Waals surface area (Å²) in [5.74, 6) is 6.52. The molecule has 0 radical (unpaired) electrons. The molecule has 98 valence electrons. The van der Waals surface area contributed by atoms with Gasteiger partial charge in [0.25, 0.3) is 0 Å². The van der Waals surface area contributed by atoms with Crippen molar-refractivity contribution in [2.24, 2.45) is 10.8 Å². The predicted molar refractivity (Wildman–Crippen MR) is 76.5 cm³/mol. The first-order valence-electron chi connectivity index (χ1n) is 6.87. The van der Waals surface area contributed by atoms with E-state index in [1.807, 2.05) is 0 Å². The highest BCUT2D eigenvalue weighted by Crippen LogP contribution is 2.20. The largest absolute Gasteiger partial charge is 0.312 e. The zero-order valence-electron chi connectivity index (χ0n) is 11.2. The van der Waals surface area contributed by atoms with Crippen LogP contribution in [0, 0.1) is 6.92 Å². The van der Waals surface area contributed by atoms with Crippen molar-refractivity contribution in [1.29, 1.82) is 0 Å². The van der Waals surface area contributed by atoms with E-state index in [-0.39, 0.29) is 0 Å². The second kappa shape index (κ2) is 6.55. The molecule has 0 aliphatic heterocycles. The summed E-state index contributed by atoms with van der Waals surface area (Å²) < 4.78 is 0. The van der Waals surface area contributed by atoms with Gasteiger partial charge in [0.15, 0.2) is 0 Å². The van der Waals surface area contributed by atoms with Gasteiger partial charge >= 0.3 is 0 Å². The van der Waals surface area contributed by atoms with E-state index >= 15 is 0 Å². The Morgan fingerprint density at radius 2 is 2.00 bits per heavy atom. The van der Waals surface area contributed by atoms with E-state index in [1.54, 1.807) is 0 Å². The van der Waals surface area contributed by atoms with Crippen LogP contribution in [-0.2, 0) is 6.42 Å². The summed E-state index contributed by atoms with van der Waals surface area (Å²) in [6.07, 6.45) is 7.18. The Balaban J connectivity index is 2.04. The topological polar surface area (TPSA) is 50.4 Å². The van der Waals surface area contributed by atoms with Crippen molar-refractivity contribution in [2.75, 3.05) is 0 Å². The average molecular weight is 245 g/mol. The smallest absolute Gasteiger partial charge is 0.115 e. The third-order valence-corrected chi connectivity index (χ3v) is 3.70. The molecule has 0 spiro atoms. The maximum absolute atomic E-state index is 5.61. The maximum Gasteiger partial charge on any atom is 0.115 e. The number of benzene rings is 1. The van der Waals surface area contributed by atoms with Crippen LogP contribution in [0.15, 0.2) is 29.3 Å². The molecule has 1 aromatic carbocycles. The highest BCUT2D eigenvalue weighted by atomic mass is 15.3. The number of nitrogens with one attached hydrogen (secondary N) is 1. The quantitative estimate of drug-likeness (QED) is 0.372. The minimum atomic E-state index is 0.466. The Hall–Kier alpha value is -1.35. The van der Waals surface area contributed by atoms with Gasteiger partial charge in [0.2, 0.25) is 0 Å². The number of nitrogens with two attached hydrogens (primary N) is 1. The molecule has 0 heterocycles. The van der Waals surface area contributed by atoms with E-state index in [4.69, 9.17) is 10.8 Å². The summed E-state index contributed by atoms with van der Waals surface area (Å²) in [5, 5.41) is 0. The van der Waals surface area contributed by atoms with Crippen molar-refractivity contribution in [3.63, 3.8) is 0 Å². The van der Waals surface area contributed by atoms with Crippen LogP contribution in [-0.4, -0.2) is 11.9 Å². The molecule has 3 N–H and O–H groups in total. The lowest BCUT2D eigenvalue weighted by atomic mass is 9.96. The third kappa shape index (κ3) is 3.57. The van der Waals surface area contributed by atoms with Gasteiger partial charge in [-0.3, -0.25) is 4.99 Å². The molecule has 2 rings (SSSR count). The highest BCUT2D eigenvalue weighted by Gasteiger charge is 2.13. The van der Waals surface area contributed by atoms with E-state index in [2.05, 4.69) is 36.6 Å². The minimum Gasteiger partial charge on any atom is -0.312 e. The van der Waals surface area contributed by atoms with Crippen LogP contribution >= 0.6 is 0 Å². The number of hydrogen-bond acceptors (Lipinski definition) is 2. The molecule has 1 aliphatic rings. The summed E-state index contributed by atoms with van der Waals surface area (Å²) >= 11 is 0. The standard InChI is InChI=1S/C15H23N3/c1-12-7-5-6-8-13(12)11-15(18-16)17-14-9-3-2-4-10-14/h5-8,14H,2-4,9-11,16H2,1H3,(H,17,18). The number of amidine groups is 1. The summed E-state index contributed by atoms with van der Waals surface area (Å²) in [4.78, 5) is 4.77. The lowest BCUT2D eigenvalue weighted by Gasteiger charge is -2.19. The van der Waals surface area contributed by atoms with E-state index in [1.165, 1.54) is 43.2 Å². The van der Waals surface area contributed by atoms with Gasteiger partial charge in [-0.15, -0.1) is 0 Å². The van der Waals surface area contributed by atoms with Crippen LogP contribution in [0.25, 0.3) is 0 Å². The number of aliphatic imine (C=N–C) groups is 1. The number of nitrogens with zero attached hydrogens (tertiary/aromatic N) is 1. The second-order valence-corrected chi connectivity index (χ2v) is 5.12. The lowest BCUT2D eigenvalue weighted by molar-refractivity contribution is 0.442. The molecule has 1 fully saturated rings. The molecule has 3 heteroatoms. The van der Waals surface area contributed by atoms with Crippen molar-refractivity contribution in [2.45, 2.75) is 51.5 Å².